The second-order valence-electron chi connectivity index (χ2n) is 4.80. The Morgan fingerprint density at radius 2 is 2.29 bits per heavy atom. The maximum Gasteiger partial charge on any atom is 0.0207 e. The van der Waals surface area contributed by atoms with E-state index in [-0.39, 0.29) is 0 Å². The third-order valence-electron chi connectivity index (χ3n) is 2.68. The van der Waals surface area contributed by atoms with Crippen LogP contribution in [0.4, 0.5) is 0 Å². The van der Waals surface area contributed by atoms with Gasteiger partial charge in [0.1, 0.15) is 0 Å². The van der Waals surface area contributed by atoms with Gasteiger partial charge in [0.2, 0.25) is 0 Å². The number of nitrogens with zero attached hydrogens (tertiary/aromatic N) is 1. The van der Waals surface area contributed by atoms with Crippen LogP contribution in [0.2, 0.25) is 0 Å². The second-order valence-corrected chi connectivity index (χ2v) is 4.80. The summed E-state index contributed by atoms with van der Waals surface area (Å²) in [5, 5.41) is 7.04. The van der Waals surface area contributed by atoms with Crippen molar-refractivity contribution in [2.45, 2.75) is 26.3 Å². The molecule has 1 aliphatic rings. The molecule has 0 radical (unpaired) electrons. The van der Waals surface area contributed by atoms with Gasteiger partial charge in [-0.15, -0.1) is 0 Å². The van der Waals surface area contributed by atoms with Crippen LogP contribution in [0.3, 0.4) is 0 Å². The molecule has 1 fully saturated rings. The third kappa shape index (κ3) is 4.94. The van der Waals surface area contributed by atoms with E-state index in [9.17, 15) is 0 Å². The molecule has 14 heavy (non-hydrogen) atoms. The molecule has 3 heteroatoms. The Morgan fingerprint density at radius 1 is 1.50 bits per heavy atom. The predicted molar refractivity (Wildman–Crippen MR) is 61.6 cm³/mol. The second kappa shape index (κ2) is 6.38. The van der Waals surface area contributed by atoms with Gasteiger partial charge >= 0.3 is 0 Å². The van der Waals surface area contributed by atoms with Crippen molar-refractivity contribution in [2.24, 2.45) is 5.92 Å². The minimum atomic E-state index is 0.688. The van der Waals surface area contributed by atoms with Gasteiger partial charge in [0.15, 0.2) is 0 Å². The number of hydrogen-bond donors (Lipinski definition) is 2. The van der Waals surface area contributed by atoms with Gasteiger partial charge in [-0.25, -0.2) is 0 Å². The van der Waals surface area contributed by atoms with Gasteiger partial charge in [-0.3, -0.25) is 0 Å². The molecule has 1 rings (SSSR count). The van der Waals surface area contributed by atoms with Gasteiger partial charge < -0.3 is 15.5 Å². The quantitative estimate of drug-likeness (QED) is 0.632. The lowest BCUT2D eigenvalue weighted by molar-refractivity contribution is 0.231. The number of piperazine rings is 1. The minimum Gasteiger partial charge on any atom is -0.316 e. The highest BCUT2D eigenvalue weighted by Gasteiger charge is 2.15. The molecule has 0 amide bonds. The van der Waals surface area contributed by atoms with Crippen LogP contribution in [0.15, 0.2) is 0 Å². The Morgan fingerprint density at radius 3 is 2.93 bits per heavy atom. The molecule has 2 N–H and O–H groups in total. The third-order valence-corrected chi connectivity index (χ3v) is 2.68. The van der Waals surface area contributed by atoms with Crippen molar-refractivity contribution < 1.29 is 0 Å². The molecule has 0 spiro atoms. The van der Waals surface area contributed by atoms with Crippen LogP contribution in [0.5, 0.6) is 0 Å². The molecule has 1 heterocycles. The molecule has 0 aromatic carbocycles. The fraction of sp³-hybridized carbons (Fsp3) is 1.00. The highest BCUT2D eigenvalue weighted by molar-refractivity contribution is 4.77. The van der Waals surface area contributed by atoms with Gasteiger partial charge in [-0.2, -0.15) is 0 Å². The average Bonchev–Trinajstić information content (AvgIpc) is 2.12. The summed E-state index contributed by atoms with van der Waals surface area (Å²) in [6.07, 6.45) is 1.25. The first-order valence-corrected chi connectivity index (χ1v) is 5.81. The summed E-state index contributed by atoms with van der Waals surface area (Å²) >= 11 is 0. The summed E-state index contributed by atoms with van der Waals surface area (Å²) < 4.78 is 0. The molecule has 0 aromatic heterocycles. The van der Waals surface area contributed by atoms with Crippen LogP contribution in [0.1, 0.15) is 20.3 Å². The molecule has 1 unspecified atom stereocenters. The number of rotatable bonds is 5. The Labute approximate surface area is 88.2 Å². The summed E-state index contributed by atoms with van der Waals surface area (Å²) in [5.74, 6) is 0.761. The van der Waals surface area contributed by atoms with Gasteiger partial charge in [-0.05, 0) is 32.5 Å². The van der Waals surface area contributed by atoms with E-state index in [0.29, 0.717) is 6.04 Å². The lowest BCUT2D eigenvalue weighted by Crippen LogP contribution is -2.49. The van der Waals surface area contributed by atoms with Crippen LogP contribution in [0.25, 0.3) is 0 Å². The predicted octanol–water partition coefficient (Wildman–Crippen LogP) is 0.526. The smallest absolute Gasteiger partial charge is 0.0207 e. The molecule has 0 saturated carbocycles. The van der Waals surface area contributed by atoms with Crippen molar-refractivity contribution in [3.8, 4) is 0 Å². The first-order valence-electron chi connectivity index (χ1n) is 5.81. The van der Waals surface area contributed by atoms with Crippen molar-refractivity contribution in [3.05, 3.63) is 0 Å². The Bertz CT molecular complexity index is 147. The summed E-state index contributed by atoms with van der Waals surface area (Å²) in [7, 11) is 2.20. The van der Waals surface area contributed by atoms with E-state index in [0.717, 1.165) is 25.6 Å². The van der Waals surface area contributed by atoms with E-state index in [1.807, 2.05) is 0 Å². The summed E-state index contributed by atoms with van der Waals surface area (Å²) in [4.78, 5) is 2.41. The van der Waals surface area contributed by atoms with Crippen LogP contribution >= 0.6 is 0 Å². The molecule has 1 aliphatic heterocycles. The maximum atomic E-state index is 3.56. The maximum absolute atomic E-state index is 3.56. The van der Waals surface area contributed by atoms with Crippen LogP contribution in [-0.4, -0.2) is 50.7 Å². The number of nitrogens with one attached hydrogen (secondary N) is 2. The van der Waals surface area contributed by atoms with E-state index in [2.05, 4.69) is 36.4 Å². The van der Waals surface area contributed by atoms with E-state index in [4.69, 9.17) is 0 Å². The van der Waals surface area contributed by atoms with Gasteiger partial charge in [0.05, 0.1) is 0 Å². The van der Waals surface area contributed by atoms with E-state index >= 15 is 0 Å². The monoisotopic (exact) mass is 199 g/mol. The molecule has 0 aromatic rings. The normalized spacial score (nSPS) is 24.4. The molecular formula is C11H25N3. The molecule has 84 valence electrons. The fourth-order valence-corrected chi connectivity index (χ4v) is 1.85. The van der Waals surface area contributed by atoms with E-state index in [1.165, 1.54) is 19.5 Å². The zero-order valence-corrected chi connectivity index (χ0v) is 9.84. The number of likely N-dealkylation sites (N-methyl/N-ethyl adjacent to an activating group) is 1. The average molecular weight is 199 g/mol. The van der Waals surface area contributed by atoms with Crippen LogP contribution in [-0.2, 0) is 0 Å². The van der Waals surface area contributed by atoms with Crippen molar-refractivity contribution in [2.75, 3.05) is 39.8 Å². The lowest BCUT2D eigenvalue weighted by atomic mass is 10.1. The molecule has 1 atom stereocenters. The standard InChI is InChI=1S/C11H25N3/c1-10(2)8-12-5-4-11-9-14(3)7-6-13-11/h10-13H,4-9H2,1-3H3. The van der Waals surface area contributed by atoms with Gasteiger partial charge in [0.25, 0.3) is 0 Å². The van der Waals surface area contributed by atoms with Crippen molar-refractivity contribution in [1.82, 2.24) is 15.5 Å². The topological polar surface area (TPSA) is 27.3 Å². The van der Waals surface area contributed by atoms with Crippen molar-refractivity contribution >= 4 is 0 Å². The Balaban J connectivity index is 2.00. The minimum absolute atomic E-state index is 0.688. The molecule has 1 saturated heterocycles. The highest BCUT2D eigenvalue weighted by Crippen LogP contribution is 1.99. The lowest BCUT2D eigenvalue weighted by Gasteiger charge is -2.31. The molecular weight excluding hydrogens is 174 g/mol. The molecule has 0 aliphatic carbocycles. The molecule has 0 bridgehead atoms. The fourth-order valence-electron chi connectivity index (χ4n) is 1.85. The first-order chi connectivity index (χ1) is 6.68. The zero-order valence-electron chi connectivity index (χ0n) is 9.84. The van der Waals surface area contributed by atoms with E-state index < -0.39 is 0 Å². The van der Waals surface area contributed by atoms with Crippen LogP contribution in [0, 0.1) is 5.92 Å². The summed E-state index contributed by atoms with van der Waals surface area (Å²) in [6, 6.07) is 0.688. The number of hydrogen-bond acceptors (Lipinski definition) is 3. The first kappa shape index (κ1) is 12.0. The summed E-state index contributed by atoms with van der Waals surface area (Å²) in [6.45, 7) is 10.3. The van der Waals surface area contributed by atoms with Crippen LogP contribution < -0.4 is 10.6 Å². The Kier molecular flexibility index (Phi) is 5.45. The largest absolute Gasteiger partial charge is 0.316 e. The van der Waals surface area contributed by atoms with Crippen molar-refractivity contribution in [3.63, 3.8) is 0 Å². The van der Waals surface area contributed by atoms with E-state index in [1.54, 1.807) is 0 Å². The Hall–Kier alpha value is -0.120. The highest BCUT2D eigenvalue weighted by atomic mass is 15.2. The summed E-state index contributed by atoms with van der Waals surface area (Å²) in [5.41, 5.74) is 0. The molecule has 3 nitrogen and oxygen atoms in total. The zero-order chi connectivity index (χ0) is 10.4. The van der Waals surface area contributed by atoms with Crippen molar-refractivity contribution in [1.29, 1.82) is 0 Å². The SMILES string of the molecule is CC(C)CNCCC1CN(C)CCN1. The van der Waals surface area contributed by atoms with Gasteiger partial charge in [0, 0.05) is 25.7 Å². The van der Waals surface area contributed by atoms with Gasteiger partial charge in [-0.1, -0.05) is 13.8 Å².